The molecule has 0 bridgehead atoms. The Balaban J connectivity index is 1.80. The highest BCUT2D eigenvalue weighted by atomic mass is 15.2. The van der Waals surface area contributed by atoms with Crippen LogP contribution in [0.3, 0.4) is 0 Å². The molecular formula is C34H36N2. The summed E-state index contributed by atoms with van der Waals surface area (Å²) >= 11 is 0. The number of nitrogens with zero attached hydrogens (tertiary/aromatic N) is 2. The number of allylic oxidation sites excluding steroid dienone is 7. The Kier molecular flexibility index (Phi) is 8.24. The van der Waals surface area contributed by atoms with Crippen LogP contribution in [0.5, 0.6) is 0 Å². The average molecular weight is 473 g/mol. The minimum Gasteiger partial charge on any atom is -0.295 e. The summed E-state index contributed by atoms with van der Waals surface area (Å²) in [6.07, 6.45) is 16.2. The van der Waals surface area contributed by atoms with Crippen molar-refractivity contribution in [3.63, 3.8) is 0 Å². The van der Waals surface area contributed by atoms with Crippen molar-refractivity contribution in [2.24, 2.45) is 10.9 Å². The number of benzene rings is 2. The summed E-state index contributed by atoms with van der Waals surface area (Å²) < 4.78 is 0. The highest BCUT2D eigenvalue weighted by Crippen LogP contribution is 2.41. The second-order valence-electron chi connectivity index (χ2n) is 9.43. The number of hydrogen-bond acceptors (Lipinski definition) is 2. The monoisotopic (exact) mass is 472 g/mol. The molecule has 0 saturated heterocycles. The van der Waals surface area contributed by atoms with E-state index in [1.165, 1.54) is 16.7 Å². The quantitative estimate of drug-likeness (QED) is 0.314. The van der Waals surface area contributed by atoms with Crippen LogP contribution in [-0.4, -0.2) is 11.9 Å². The SMILES string of the molecule is C=C1/C=C\C(C(C#C/C=C(\C)CCC)/C=C/CC)=C/C(C)N=C2c3ccccc3-c3ccccc3N12. The van der Waals surface area contributed by atoms with Crippen LogP contribution in [0.25, 0.3) is 11.1 Å². The van der Waals surface area contributed by atoms with Gasteiger partial charge in [0.1, 0.15) is 5.84 Å². The summed E-state index contributed by atoms with van der Waals surface area (Å²) in [7, 11) is 0. The number of hydrogen-bond donors (Lipinski definition) is 0. The van der Waals surface area contributed by atoms with Gasteiger partial charge >= 0.3 is 0 Å². The normalized spacial score (nSPS) is 20.3. The third kappa shape index (κ3) is 5.52. The molecule has 2 atom stereocenters. The van der Waals surface area contributed by atoms with Crippen LogP contribution in [0.4, 0.5) is 5.69 Å². The molecule has 2 unspecified atom stereocenters. The van der Waals surface area contributed by atoms with Gasteiger partial charge in [0.15, 0.2) is 0 Å². The van der Waals surface area contributed by atoms with E-state index in [4.69, 9.17) is 4.99 Å². The summed E-state index contributed by atoms with van der Waals surface area (Å²) in [6.45, 7) is 13.1. The maximum atomic E-state index is 5.24. The lowest BCUT2D eigenvalue weighted by molar-refractivity contribution is 0.891. The van der Waals surface area contributed by atoms with E-state index in [1.807, 2.05) is 0 Å². The number of aliphatic imine (C=N–C) groups is 1. The van der Waals surface area contributed by atoms with Crippen molar-refractivity contribution < 1.29 is 0 Å². The molecular weight excluding hydrogens is 436 g/mol. The molecule has 0 spiro atoms. The molecule has 4 rings (SSSR count). The Morgan fingerprint density at radius 3 is 2.53 bits per heavy atom. The van der Waals surface area contributed by atoms with Crippen LogP contribution >= 0.6 is 0 Å². The zero-order chi connectivity index (χ0) is 25.5. The van der Waals surface area contributed by atoms with E-state index in [2.05, 4.69) is 136 Å². The number of rotatable bonds is 5. The van der Waals surface area contributed by atoms with Crippen LogP contribution in [0.2, 0.25) is 0 Å². The first-order valence-corrected chi connectivity index (χ1v) is 13.0. The predicted molar refractivity (Wildman–Crippen MR) is 156 cm³/mol. The minimum atomic E-state index is -0.0249. The molecule has 2 aromatic rings. The molecule has 0 saturated carbocycles. The molecule has 36 heavy (non-hydrogen) atoms. The molecule has 2 heteroatoms. The Morgan fingerprint density at radius 2 is 1.78 bits per heavy atom. The number of amidine groups is 1. The molecule has 0 N–H and O–H groups in total. The largest absolute Gasteiger partial charge is 0.295 e. The van der Waals surface area contributed by atoms with Crippen molar-refractivity contribution in [3.8, 4) is 23.0 Å². The first-order valence-electron chi connectivity index (χ1n) is 13.0. The van der Waals surface area contributed by atoms with Gasteiger partial charge in [-0.15, -0.1) is 0 Å². The second-order valence-corrected chi connectivity index (χ2v) is 9.43. The fourth-order valence-corrected chi connectivity index (χ4v) is 4.74. The molecule has 0 amide bonds. The van der Waals surface area contributed by atoms with Gasteiger partial charge in [0, 0.05) is 16.8 Å². The van der Waals surface area contributed by atoms with Crippen LogP contribution in [-0.2, 0) is 0 Å². The highest BCUT2D eigenvalue weighted by molar-refractivity contribution is 6.20. The van der Waals surface area contributed by atoms with Crippen molar-refractivity contribution in [2.45, 2.75) is 53.0 Å². The first kappa shape index (κ1) is 25.3. The van der Waals surface area contributed by atoms with Gasteiger partial charge in [-0.2, -0.15) is 0 Å². The maximum absolute atomic E-state index is 5.24. The van der Waals surface area contributed by atoms with Crippen LogP contribution in [0.15, 0.2) is 113 Å². The maximum Gasteiger partial charge on any atom is 0.141 e. The smallest absolute Gasteiger partial charge is 0.141 e. The summed E-state index contributed by atoms with van der Waals surface area (Å²) in [4.78, 5) is 7.43. The van der Waals surface area contributed by atoms with E-state index < -0.39 is 0 Å². The first-order chi connectivity index (χ1) is 17.5. The van der Waals surface area contributed by atoms with Gasteiger partial charge in [0.2, 0.25) is 0 Å². The third-order valence-electron chi connectivity index (χ3n) is 6.45. The van der Waals surface area contributed by atoms with Crippen molar-refractivity contribution in [3.05, 3.63) is 114 Å². The molecule has 2 aliphatic rings. The van der Waals surface area contributed by atoms with Crippen LogP contribution < -0.4 is 4.90 Å². The van der Waals surface area contributed by atoms with E-state index in [1.54, 1.807) is 0 Å². The lowest BCUT2D eigenvalue weighted by Gasteiger charge is -2.34. The molecule has 0 aromatic heterocycles. The van der Waals surface area contributed by atoms with Crippen LogP contribution in [0, 0.1) is 17.8 Å². The van der Waals surface area contributed by atoms with E-state index in [0.29, 0.717) is 0 Å². The van der Waals surface area contributed by atoms with Gasteiger partial charge in [-0.3, -0.25) is 9.89 Å². The van der Waals surface area contributed by atoms with E-state index in [0.717, 1.165) is 47.6 Å². The summed E-state index contributed by atoms with van der Waals surface area (Å²) in [5, 5.41) is 0. The molecule has 2 nitrogen and oxygen atoms in total. The van der Waals surface area contributed by atoms with Gasteiger partial charge < -0.3 is 0 Å². The zero-order valence-corrected chi connectivity index (χ0v) is 22.0. The van der Waals surface area contributed by atoms with Gasteiger partial charge in [0.05, 0.1) is 17.6 Å². The second kappa shape index (κ2) is 11.7. The zero-order valence-electron chi connectivity index (χ0n) is 22.0. The lowest BCUT2D eigenvalue weighted by atomic mass is 9.92. The fourth-order valence-electron chi connectivity index (χ4n) is 4.74. The lowest BCUT2D eigenvalue weighted by Crippen LogP contribution is -2.34. The molecule has 2 aromatic carbocycles. The third-order valence-corrected chi connectivity index (χ3v) is 6.45. The highest BCUT2D eigenvalue weighted by Gasteiger charge is 2.29. The number of para-hydroxylation sites is 1. The Bertz CT molecular complexity index is 1340. The number of anilines is 1. The topological polar surface area (TPSA) is 15.6 Å². The molecule has 0 radical (unpaired) electrons. The molecule has 182 valence electrons. The van der Waals surface area contributed by atoms with Gasteiger partial charge in [-0.1, -0.05) is 111 Å². The molecule has 2 heterocycles. The Labute approximate surface area is 217 Å². The van der Waals surface area contributed by atoms with E-state index in [9.17, 15) is 0 Å². The summed E-state index contributed by atoms with van der Waals surface area (Å²) in [6, 6.07) is 17.0. The van der Waals surface area contributed by atoms with Crippen LogP contribution in [0.1, 0.15) is 52.5 Å². The molecule has 0 fully saturated rings. The van der Waals surface area contributed by atoms with Gasteiger partial charge in [0.25, 0.3) is 0 Å². The Morgan fingerprint density at radius 1 is 1.06 bits per heavy atom. The van der Waals surface area contributed by atoms with Gasteiger partial charge in [-0.05, 0) is 56.0 Å². The van der Waals surface area contributed by atoms with Crippen molar-refractivity contribution in [1.29, 1.82) is 0 Å². The minimum absolute atomic E-state index is 0.00275. The molecule has 0 aliphatic carbocycles. The van der Waals surface area contributed by atoms with Gasteiger partial charge in [-0.25, -0.2) is 0 Å². The predicted octanol–water partition coefficient (Wildman–Crippen LogP) is 8.65. The fraction of sp³-hybridized carbons (Fsp3) is 0.265. The Hall–Kier alpha value is -3.83. The molecule has 2 aliphatic heterocycles. The summed E-state index contributed by atoms with van der Waals surface area (Å²) in [5.74, 6) is 7.75. The van der Waals surface area contributed by atoms with Crippen molar-refractivity contribution in [2.75, 3.05) is 4.90 Å². The van der Waals surface area contributed by atoms with Crippen molar-refractivity contribution in [1.82, 2.24) is 0 Å². The average Bonchev–Trinajstić information content (AvgIpc) is 2.94. The standard InChI is InChI=1S/C34H36N2/c1-6-8-16-28(17-13-15-25(3)14-7-2)29-23-22-27(5)36-33-21-12-11-19-31(33)30-18-9-10-20-32(30)34(36)35-26(4)24-29/h8-12,15-16,18-24,26,28H,5-7,14H2,1-4H3/b16-8+,23-22-,25-15+,29-24+,35-34?. The van der Waals surface area contributed by atoms with E-state index in [-0.39, 0.29) is 12.0 Å². The van der Waals surface area contributed by atoms with E-state index >= 15 is 0 Å². The summed E-state index contributed by atoms with van der Waals surface area (Å²) in [5.41, 5.74) is 8.01. The van der Waals surface area contributed by atoms with Crippen molar-refractivity contribution >= 4 is 11.5 Å². The number of fused-ring (bicyclic) bond motifs is 6.